The van der Waals surface area contributed by atoms with Crippen LogP contribution < -0.4 is 9.62 Å². The van der Waals surface area contributed by atoms with E-state index in [0.717, 1.165) is 16.6 Å². The van der Waals surface area contributed by atoms with E-state index in [1.807, 2.05) is 49.3 Å². The first-order chi connectivity index (χ1) is 11.9. The second kappa shape index (κ2) is 7.04. The Hall–Kier alpha value is -2.08. The van der Waals surface area contributed by atoms with Gasteiger partial charge in [-0.1, -0.05) is 48.0 Å². The number of anilines is 1. The van der Waals surface area contributed by atoms with Gasteiger partial charge in [0.15, 0.2) is 0 Å². The van der Waals surface area contributed by atoms with Gasteiger partial charge in [-0.2, -0.15) is 0 Å². The summed E-state index contributed by atoms with van der Waals surface area (Å²) in [6.07, 6.45) is 0. The molecule has 25 heavy (non-hydrogen) atoms. The highest BCUT2D eigenvalue weighted by Crippen LogP contribution is 2.30. The standard InChI is InChI=1S/C19H19ClN2O2S/c1-22(2)18-10-4-9-17-16(18)8-5-11-19(17)25(23,24)21-13-14-6-3-7-15(20)12-14/h3-12,21H,13H2,1-2H3. The Morgan fingerprint density at radius 1 is 0.960 bits per heavy atom. The summed E-state index contributed by atoms with van der Waals surface area (Å²) in [5.41, 5.74) is 1.79. The first-order valence-electron chi connectivity index (χ1n) is 7.82. The summed E-state index contributed by atoms with van der Waals surface area (Å²) >= 11 is 5.96. The fourth-order valence-corrected chi connectivity index (χ4v) is 4.24. The third-order valence-electron chi connectivity index (χ3n) is 3.99. The van der Waals surface area contributed by atoms with Gasteiger partial charge in [-0.15, -0.1) is 0 Å². The summed E-state index contributed by atoms with van der Waals surface area (Å²) in [5.74, 6) is 0. The first-order valence-corrected chi connectivity index (χ1v) is 9.68. The van der Waals surface area contributed by atoms with Crippen molar-refractivity contribution in [3.05, 3.63) is 71.2 Å². The summed E-state index contributed by atoms with van der Waals surface area (Å²) in [4.78, 5) is 2.24. The molecule has 0 unspecified atom stereocenters. The lowest BCUT2D eigenvalue weighted by Crippen LogP contribution is -2.23. The number of fused-ring (bicyclic) bond motifs is 1. The molecule has 0 fully saturated rings. The third kappa shape index (κ3) is 3.79. The van der Waals surface area contributed by atoms with Gasteiger partial charge < -0.3 is 4.90 Å². The van der Waals surface area contributed by atoms with Crippen molar-refractivity contribution in [2.45, 2.75) is 11.4 Å². The Labute approximate surface area is 153 Å². The normalized spacial score (nSPS) is 11.6. The average Bonchev–Trinajstić information content (AvgIpc) is 2.59. The maximum atomic E-state index is 12.8. The Morgan fingerprint density at radius 2 is 1.64 bits per heavy atom. The molecule has 0 saturated heterocycles. The van der Waals surface area contributed by atoms with E-state index in [1.165, 1.54) is 0 Å². The predicted molar refractivity (Wildman–Crippen MR) is 104 cm³/mol. The van der Waals surface area contributed by atoms with Gasteiger partial charge in [-0.05, 0) is 29.8 Å². The predicted octanol–water partition coefficient (Wildman–Crippen LogP) is 4.04. The van der Waals surface area contributed by atoms with Crippen LogP contribution >= 0.6 is 11.6 Å². The topological polar surface area (TPSA) is 49.4 Å². The minimum Gasteiger partial charge on any atom is -0.377 e. The Bertz CT molecular complexity index is 1020. The number of rotatable bonds is 5. The van der Waals surface area contributed by atoms with E-state index in [-0.39, 0.29) is 11.4 Å². The van der Waals surface area contributed by atoms with Crippen molar-refractivity contribution in [3.8, 4) is 0 Å². The molecule has 3 rings (SSSR count). The van der Waals surface area contributed by atoms with Gasteiger partial charge in [0.05, 0.1) is 4.90 Å². The molecular weight excluding hydrogens is 356 g/mol. The molecule has 0 amide bonds. The van der Waals surface area contributed by atoms with Crippen molar-refractivity contribution in [3.63, 3.8) is 0 Å². The summed E-state index contributed by atoms with van der Waals surface area (Å²) in [6, 6.07) is 18.1. The van der Waals surface area contributed by atoms with Crippen LogP contribution in [-0.2, 0) is 16.6 Å². The molecule has 3 aromatic carbocycles. The van der Waals surface area contributed by atoms with E-state index in [4.69, 9.17) is 11.6 Å². The molecular formula is C19H19ClN2O2S. The molecule has 1 N–H and O–H groups in total. The molecule has 6 heteroatoms. The zero-order chi connectivity index (χ0) is 18.0. The molecule has 0 aliphatic heterocycles. The van der Waals surface area contributed by atoms with Gasteiger partial charge in [-0.25, -0.2) is 13.1 Å². The fourth-order valence-electron chi connectivity index (χ4n) is 2.79. The van der Waals surface area contributed by atoms with Crippen LogP contribution in [0, 0.1) is 0 Å². The van der Waals surface area contributed by atoms with Crippen molar-refractivity contribution < 1.29 is 8.42 Å². The maximum absolute atomic E-state index is 12.8. The molecule has 0 aromatic heterocycles. The highest BCUT2D eigenvalue weighted by molar-refractivity contribution is 7.89. The van der Waals surface area contributed by atoms with Crippen LogP contribution in [0.3, 0.4) is 0 Å². The molecule has 0 radical (unpaired) electrons. The second-order valence-electron chi connectivity index (χ2n) is 5.98. The van der Waals surface area contributed by atoms with Crippen LogP contribution in [0.4, 0.5) is 5.69 Å². The van der Waals surface area contributed by atoms with Crippen LogP contribution in [-0.4, -0.2) is 22.5 Å². The fraction of sp³-hybridized carbons (Fsp3) is 0.158. The Morgan fingerprint density at radius 3 is 2.36 bits per heavy atom. The van der Waals surface area contributed by atoms with Crippen LogP contribution in [0.2, 0.25) is 5.02 Å². The summed E-state index contributed by atoms with van der Waals surface area (Å²) in [7, 11) is 0.224. The van der Waals surface area contributed by atoms with E-state index in [2.05, 4.69) is 4.72 Å². The van der Waals surface area contributed by atoms with Gasteiger partial charge in [0.2, 0.25) is 10.0 Å². The van der Waals surface area contributed by atoms with Crippen molar-refractivity contribution in [2.75, 3.05) is 19.0 Å². The van der Waals surface area contributed by atoms with E-state index in [1.54, 1.807) is 30.3 Å². The molecule has 0 atom stereocenters. The van der Waals surface area contributed by atoms with E-state index >= 15 is 0 Å². The number of nitrogens with zero attached hydrogens (tertiary/aromatic N) is 1. The second-order valence-corrected chi connectivity index (χ2v) is 8.15. The van der Waals surface area contributed by atoms with Crippen LogP contribution in [0.1, 0.15) is 5.56 Å². The molecule has 4 nitrogen and oxygen atoms in total. The zero-order valence-electron chi connectivity index (χ0n) is 14.0. The molecule has 0 aliphatic rings. The van der Waals surface area contributed by atoms with Gasteiger partial charge in [0.1, 0.15) is 0 Å². The zero-order valence-corrected chi connectivity index (χ0v) is 15.6. The number of nitrogens with one attached hydrogen (secondary N) is 1. The quantitative estimate of drug-likeness (QED) is 0.733. The lowest BCUT2D eigenvalue weighted by Gasteiger charge is -2.17. The summed E-state index contributed by atoms with van der Waals surface area (Å²) in [5, 5.41) is 2.18. The Kier molecular flexibility index (Phi) is 4.99. The molecule has 0 saturated carbocycles. The van der Waals surface area contributed by atoms with Crippen LogP contribution in [0.25, 0.3) is 10.8 Å². The number of sulfonamides is 1. The maximum Gasteiger partial charge on any atom is 0.241 e. The highest BCUT2D eigenvalue weighted by atomic mass is 35.5. The number of hydrogen-bond donors (Lipinski definition) is 1. The lowest BCUT2D eigenvalue weighted by molar-refractivity contribution is 0.582. The molecule has 0 aliphatic carbocycles. The molecule has 3 aromatic rings. The first kappa shape index (κ1) is 17.7. The number of halogens is 1. The van der Waals surface area contributed by atoms with Gasteiger partial charge in [0, 0.05) is 42.1 Å². The molecule has 0 spiro atoms. The van der Waals surface area contributed by atoms with Gasteiger partial charge in [-0.3, -0.25) is 0 Å². The van der Waals surface area contributed by atoms with E-state index in [0.29, 0.717) is 10.4 Å². The smallest absolute Gasteiger partial charge is 0.241 e. The van der Waals surface area contributed by atoms with E-state index < -0.39 is 10.0 Å². The van der Waals surface area contributed by atoms with Crippen LogP contribution in [0.15, 0.2) is 65.6 Å². The minimum atomic E-state index is -3.65. The van der Waals surface area contributed by atoms with Gasteiger partial charge in [0.25, 0.3) is 0 Å². The summed E-state index contributed by atoms with van der Waals surface area (Å²) < 4.78 is 28.3. The monoisotopic (exact) mass is 374 g/mol. The lowest BCUT2D eigenvalue weighted by atomic mass is 10.1. The number of benzene rings is 3. The SMILES string of the molecule is CN(C)c1cccc2c(S(=O)(=O)NCc3cccc(Cl)c3)cccc12. The van der Waals surface area contributed by atoms with Crippen molar-refractivity contribution in [1.29, 1.82) is 0 Å². The third-order valence-corrected chi connectivity index (χ3v) is 5.68. The summed E-state index contributed by atoms with van der Waals surface area (Å²) in [6.45, 7) is 0.187. The molecule has 130 valence electrons. The van der Waals surface area contributed by atoms with Crippen molar-refractivity contribution in [1.82, 2.24) is 4.72 Å². The van der Waals surface area contributed by atoms with Crippen molar-refractivity contribution >= 4 is 38.1 Å². The minimum absolute atomic E-state index is 0.187. The highest BCUT2D eigenvalue weighted by Gasteiger charge is 2.18. The molecule has 0 bridgehead atoms. The van der Waals surface area contributed by atoms with Crippen molar-refractivity contribution in [2.24, 2.45) is 0 Å². The molecule has 0 heterocycles. The van der Waals surface area contributed by atoms with Gasteiger partial charge >= 0.3 is 0 Å². The number of hydrogen-bond acceptors (Lipinski definition) is 3. The average molecular weight is 375 g/mol. The largest absolute Gasteiger partial charge is 0.377 e. The Balaban J connectivity index is 1.98. The van der Waals surface area contributed by atoms with E-state index in [9.17, 15) is 8.42 Å². The van der Waals surface area contributed by atoms with Crippen LogP contribution in [0.5, 0.6) is 0 Å².